The number of nitrogens with one attached hydrogen (secondary N) is 1. The van der Waals surface area contributed by atoms with Crippen molar-refractivity contribution in [3.8, 4) is 0 Å². The van der Waals surface area contributed by atoms with Gasteiger partial charge in [-0.25, -0.2) is 4.79 Å². The van der Waals surface area contributed by atoms with Crippen LogP contribution in [0.5, 0.6) is 0 Å². The number of halogens is 1. The predicted molar refractivity (Wildman–Crippen MR) is 105 cm³/mol. The number of amides is 1. The van der Waals surface area contributed by atoms with E-state index in [1.807, 2.05) is 4.90 Å². The number of thiophene rings is 1. The van der Waals surface area contributed by atoms with Crippen molar-refractivity contribution in [1.82, 2.24) is 14.8 Å². The molecule has 1 saturated heterocycles. The van der Waals surface area contributed by atoms with E-state index in [9.17, 15) is 9.59 Å². The average Bonchev–Trinajstić information content (AvgIpc) is 3.17. The summed E-state index contributed by atoms with van der Waals surface area (Å²) in [7, 11) is 1.35. The molecule has 0 aromatic carbocycles. The fourth-order valence-corrected chi connectivity index (χ4v) is 4.82. The first-order valence-electron chi connectivity index (χ1n) is 8.44. The smallest absolute Gasteiger partial charge is 0.339 e. The van der Waals surface area contributed by atoms with E-state index in [-0.39, 0.29) is 5.91 Å². The average molecular weight is 440 g/mol. The molecule has 6 nitrogen and oxygen atoms in total. The maximum Gasteiger partial charge on any atom is 0.339 e. The lowest BCUT2D eigenvalue weighted by atomic mass is 10.1. The second-order valence-corrected chi connectivity index (χ2v) is 8.94. The van der Waals surface area contributed by atoms with Gasteiger partial charge in [0.2, 0.25) is 0 Å². The third-order valence-electron chi connectivity index (χ3n) is 4.71. The maximum atomic E-state index is 12.9. The van der Waals surface area contributed by atoms with Gasteiger partial charge in [-0.05, 0) is 47.5 Å². The van der Waals surface area contributed by atoms with Gasteiger partial charge in [0.25, 0.3) is 5.91 Å². The number of carbonyl (C=O) groups is 2. The number of H-pyrrole nitrogens is 1. The van der Waals surface area contributed by atoms with Crippen molar-refractivity contribution in [2.24, 2.45) is 0 Å². The fourth-order valence-electron chi connectivity index (χ4n) is 3.30. The zero-order chi connectivity index (χ0) is 18.8. The Kier molecular flexibility index (Phi) is 5.84. The molecule has 2 aromatic heterocycles. The number of esters is 1. The van der Waals surface area contributed by atoms with Gasteiger partial charge in [0, 0.05) is 43.3 Å². The lowest BCUT2D eigenvalue weighted by Crippen LogP contribution is -2.48. The number of carbonyl (C=O) groups excluding carboxylic acids is 2. The third-order valence-corrected chi connectivity index (χ3v) is 6.32. The van der Waals surface area contributed by atoms with Gasteiger partial charge >= 0.3 is 5.97 Å². The Bertz CT molecular complexity index is 822. The topological polar surface area (TPSA) is 65.6 Å². The lowest BCUT2D eigenvalue weighted by Gasteiger charge is -2.34. The Morgan fingerprint density at radius 1 is 1.23 bits per heavy atom. The first-order valence-corrected chi connectivity index (χ1v) is 10.0. The van der Waals surface area contributed by atoms with Gasteiger partial charge in [-0.2, -0.15) is 0 Å². The van der Waals surface area contributed by atoms with Crippen LogP contribution in [0.25, 0.3) is 0 Å². The largest absolute Gasteiger partial charge is 0.465 e. The number of piperazine rings is 1. The number of ether oxygens (including phenoxy) is 1. The molecule has 1 amide bonds. The van der Waals surface area contributed by atoms with E-state index in [1.165, 1.54) is 12.0 Å². The molecular formula is C18H22BrN3O3S. The van der Waals surface area contributed by atoms with Gasteiger partial charge in [0.15, 0.2) is 0 Å². The number of aromatic nitrogens is 1. The van der Waals surface area contributed by atoms with Gasteiger partial charge in [-0.3, -0.25) is 9.69 Å². The van der Waals surface area contributed by atoms with E-state index >= 15 is 0 Å². The summed E-state index contributed by atoms with van der Waals surface area (Å²) in [5, 5.41) is 0. The summed E-state index contributed by atoms with van der Waals surface area (Å²) in [6.07, 6.45) is 0. The van der Waals surface area contributed by atoms with Crippen LogP contribution in [0.15, 0.2) is 15.9 Å². The molecule has 1 fully saturated rings. The van der Waals surface area contributed by atoms with Crippen molar-refractivity contribution >= 4 is 39.1 Å². The Hall–Kier alpha value is -1.64. The van der Waals surface area contributed by atoms with E-state index in [0.717, 1.165) is 23.4 Å². The summed E-state index contributed by atoms with van der Waals surface area (Å²) >= 11 is 5.23. The summed E-state index contributed by atoms with van der Waals surface area (Å²) in [6.45, 7) is 7.51. The highest BCUT2D eigenvalue weighted by Gasteiger charge is 2.28. The van der Waals surface area contributed by atoms with Crippen molar-refractivity contribution in [1.29, 1.82) is 0 Å². The Balaban J connectivity index is 1.64. The highest BCUT2D eigenvalue weighted by molar-refractivity contribution is 9.11. The highest BCUT2D eigenvalue weighted by Crippen LogP contribution is 2.24. The van der Waals surface area contributed by atoms with E-state index < -0.39 is 5.97 Å². The van der Waals surface area contributed by atoms with E-state index in [1.54, 1.807) is 25.2 Å². The minimum absolute atomic E-state index is 0.0562. The fraction of sp³-hybridized carbons (Fsp3) is 0.444. The van der Waals surface area contributed by atoms with Crippen molar-refractivity contribution in [2.75, 3.05) is 33.3 Å². The molecule has 3 rings (SSSR count). The number of aromatic amines is 1. The molecule has 0 radical (unpaired) electrons. The second kappa shape index (κ2) is 7.94. The molecule has 0 unspecified atom stereocenters. The van der Waals surface area contributed by atoms with Gasteiger partial charge in [-0.1, -0.05) is 0 Å². The van der Waals surface area contributed by atoms with Crippen LogP contribution in [0.2, 0.25) is 0 Å². The molecule has 0 atom stereocenters. The zero-order valence-electron chi connectivity index (χ0n) is 15.1. The molecule has 0 bridgehead atoms. The van der Waals surface area contributed by atoms with Crippen molar-refractivity contribution < 1.29 is 14.3 Å². The van der Waals surface area contributed by atoms with Crippen molar-refractivity contribution in [3.63, 3.8) is 0 Å². The van der Waals surface area contributed by atoms with Crippen LogP contribution in [0, 0.1) is 13.8 Å². The van der Waals surface area contributed by atoms with Crippen molar-refractivity contribution in [2.45, 2.75) is 20.4 Å². The number of hydrogen-bond donors (Lipinski definition) is 1. The van der Waals surface area contributed by atoms with Crippen LogP contribution >= 0.6 is 27.3 Å². The standard InChI is InChI=1S/C18H22BrN3O3S/c1-11-15(18(24)25-3)12(2)20-16(11)17(23)22-8-6-21(7-9-22)10-13-4-5-14(19)26-13/h4-5,20H,6-10H2,1-3H3. The molecule has 0 saturated carbocycles. The summed E-state index contributed by atoms with van der Waals surface area (Å²) in [5.74, 6) is -0.471. The summed E-state index contributed by atoms with van der Waals surface area (Å²) in [6, 6.07) is 4.20. The van der Waals surface area contributed by atoms with E-state index in [4.69, 9.17) is 4.74 Å². The van der Waals surface area contributed by atoms with Crippen molar-refractivity contribution in [3.05, 3.63) is 43.3 Å². The Morgan fingerprint density at radius 2 is 1.92 bits per heavy atom. The van der Waals surface area contributed by atoms with Crippen LogP contribution in [0.1, 0.15) is 37.0 Å². The first kappa shape index (κ1) is 19.1. The van der Waals surface area contributed by atoms with E-state index in [0.29, 0.717) is 35.6 Å². The minimum Gasteiger partial charge on any atom is -0.465 e. The molecule has 0 aliphatic carbocycles. The highest BCUT2D eigenvalue weighted by atomic mass is 79.9. The Morgan fingerprint density at radius 3 is 2.50 bits per heavy atom. The molecule has 1 aliphatic rings. The monoisotopic (exact) mass is 439 g/mol. The molecule has 8 heteroatoms. The molecule has 1 N–H and O–H groups in total. The quantitative estimate of drug-likeness (QED) is 0.742. The molecule has 140 valence electrons. The van der Waals surface area contributed by atoms with Gasteiger partial charge in [-0.15, -0.1) is 11.3 Å². The lowest BCUT2D eigenvalue weighted by molar-refractivity contribution is 0.0599. The first-order chi connectivity index (χ1) is 12.4. The molecule has 26 heavy (non-hydrogen) atoms. The zero-order valence-corrected chi connectivity index (χ0v) is 17.5. The SMILES string of the molecule is COC(=O)c1c(C)[nH]c(C(=O)N2CCN(Cc3ccc(Br)s3)CC2)c1C. The number of aryl methyl sites for hydroxylation is 1. The summed E-state index contributed by atoms with van der Waals surface area (Å²) in [4.78, 5) is 33.4. The van der Waals surface area contributed by atoms with Crippen LogP contribution in [-0.2, 0) is 11.3 Å². The van der Waals surface area contributed by atoms with Gasteiger partial charge in [0.1, 0.15) is 5.69 Å². The maximum absolute atomic E-state index is 12.9. The van der Waals surface area contributed by atoms with Crippen LogP contribution in [0.4, 0.5) is 0 Å². The van der Waals surface area contributed by atoms with Crippen LogP contribution in [0.3, 0.4) is 0 Å². The van der Waals surface area contributed by atoms with Gasteiger partial charge in [0.05, 0.1) is 16.5 Å². The van der Waals surface area contributed by atoms with Crippen LogP contribution in [-0.4, -0.2) is 59.9 Å². The number of methoxy groups -OCH3 is 1. The normalized spacial score (nSPS) is 15.3. The summed E-state index contributed by atoms with van der Waals surface area (Å²) < 4.78 is 5.96. The minimum atomic E-state index is -0.415. The van der Waals surface area contributed by atoms with Gasteiger partial charge < -0.3 is 14.6 Å². The molecular weight excluding hydrogens is 418 g/mol. The summed E-state index contributed by atoms with van der Waals surface area (Å²) in [5.41, 5.74) is 2.26. The number of hydrogen-bond acceptors (Lipinski definition) is 5. The third kappa shape index (κ3) is 3.87. The van der Waals surface area contributed by atoms with E-state index in [2.05, 4.69) is 37.9 Å². The number of rotatable bonds is 4. The Labute approximate surface area is 165 Å². The molecule has 1 aliphatic heterocycles. The molecule has 2 aromatic rings. The number of nitrogens with zero attached hydrogens (tertiary/aromatic N) is 2. The molecule has 3 heterocycles. The predicted octanol–water partition coefficient (Wildman–Crippen LogP) is 3.20. The molecule has 0 spiro atoms. The van der Waals surface area contributed by atoms with Crippen LogP contribution < -0.4 is 0 Å². The second-order valence-electron chi connectivity index (χ2n) is 6.39.